The van der Waals surface area contributed by atoms with Gasteiger partial charge in [0.1, 0.15) is 5.58 Å². The van der Waals surface area contributed by atoms with Crippen molar-refractivity contribution in [1.29, 1.82) is 0 Å². The van der Waals surface area contributed by atoms with Crippen LogP contribution in [0.1, 0.15) is 23.4 Å². The molecule has 1 heterocycles. The van der Waals surface area contributed by atoms with E-state index in [4.69, 9.17) is 16.0 Å². The second-order valence-electron chi connectivity index (χ2n) is 5.13. The summed E-state index contributed by atoms with van der Waals surface area (Å²) >= 11 is 5.89. The Hall–Kier alpha value is -1.52. The van der Waals surface area contributed by atoms with Crippen LogP contribution in [0, 0.1) is 5.41 Å². The van der Waals surface area contributed by atoms with Crippen molar-refractivity contribution in [2.45, 2.75) is 12.8 Å². The molecular formula is C14H14ClNO3. The van der Waals surface area contributed by atoms with E-state index in [0.29, 0.717) is 17.2 Å². The largest absolute Gasteiger partial charge is 0.451 e. The van der Waals surface area contributed by atoms with Gasteiger partial charge in [-0.15, -0.1) is 0 Å². The molecular weight excluding hydrogens is 266 g/mol. The Morgan fingerprint density at radius 1 is 1.42 bits per heavy atom. The predicted molar refractivity (Wildman–Crippen MR) is 72.3 cm³/mol. The Morgan fingerprint density at radius 3 is 2.89 bits per heavy atom. The molecule has 1 fully saturated rings. The van der Waals surface area contributed by atoms with Crippen molar-refractivity contribution < 1.29 is 14.3 Å². The van der Waals surface area contributed by atoms with E-state index in [1.54, 1.807) is 24.3 Å². The Labute approximate surface area is 115 Å². The third-order valence-electron chi connectivity index (χ3n) is 3.62. The van der Waals surface area contributed by atoms with E-state index in [0.717, 1.165) is 18.2 Å². The zero-order valence-electron chi connectivity index (χ0n) is 10.3. The molecule has 1 aromatic heterocycles. The molecule has 4 nitrogen and oxygen atoms in total. The second kappa shape index (κ2) is 4.54. The van der Waals surface area contributed by atoms with E-state index in [-0.39, 0.29) is 23.7 Å². The summed E-state index contributed by atoms with van der Waals surface area (Å²) in [6, 6.07) is 6.90. The van der Waals surface area contributed by atoms with Gasteiger partial charge in [0, 0.05) is 22.4 Å². The Morgan fingerprint density at radius 2 is 2.21 bits per heavy atom. The lowest BCUT2D eigenvalue weighted by Crippen LogP contribution is -2.31. The Kier molecular flexibility index (Phi) is 2.99. The van der Waals surface area contributed by atoms with Crippen LogP contribution >= 0.6 is 11.6 Å². The molecule has 0 bridgehead atoms. The van der Waals surface area contributed by atoms with E-state index >= 15 is 0 Å². The maximum Gasteiger partial charge on any atom is 0.287 e. The second-order valence-corrected chi connectivity index (χ2v) is 5.57. The van der Waals surface area contributed by atoms with Gasteiger partial charge in [-0.25, -0.2) is 0 Å². The van der Waals surface area contributed by atoms with Crippen molar-refractivity contribution in [2.24, 2.45) is 5.41 Å². The summed E-state index contributed by atoms with van der Waals surface area (Å²) in [4.78, 5) is 12.0. The molecule has 0 saturated heterocycles. The van der Waals surface area contributed by atoms with Gasteiger partial charge in [-0.2, -0.15) is 0 Å². The third kappa shape index (κ3) is 2.46. The molecule has 1 aromatic carbocycles. The van der Waals surface area contributed by atoms with Gasteiger partial charge >= 0.3 is 0 Å². The Balaban J connectivity index is 1.74. The maximum absolute atomic E-state index is 12.0. The lowest BCUT2D eigenvalue weighted by atomic mass is 10.1. The minimum Gasteiger partial charge on any atom is -0.451 e. The van der Waals surface area contributed by atoms with Crippen LogP contribution in [-0.2, 0) is 0 Å². The van der Waals surface area contributed by atoms with Crippen LogP contribution in [-0.4, -0.2) is 24.2 Å². The van der Waals surface area contributed by atoms with Gasteiger partial charge in [0.15, 0.2) is 5.76 Å². The van der Waals surface area contributed by atoms with Crippen molar-refractivity contribution in [3.8, 4) is 0 Å². The molecule has 5 heteroatoms. The predicted octanol–water partition coefficient (Wildman–Crippen LogP) is 2.59. The molecule has 0 radical (unpaired) electrons. The molecule has 0 aliphatic heterocycles. The van der Waals surface area contributed by atoms with Crippen LogP contribution in [0.4, 0.5) is 0 Å². The SMILES string of the molecule is O=C(NCC1(CO)CC1)c1cc2cc(Cl)ccc2o1. The number of fused-ring (bicyclic) bond motifs is 1. The molecule has 19 heavy (non-hydrogen) atoms. The van der Waals surface area contributed by atoms with E-state index < -0.39 is 0 Å². The highest BCUT2D eigenvalue weighted by atomic mass is 35.5. The summed E-state index contributed by atoms with van der Waals surface area (Å²) in [6.07, 6.45) is 1.92. The summed E-state index contributed by atoms with van der Waals surface area (Å²) in [5.41, 5.74) is 0.531. The van der Waals surface area contributed by atoms with Crippen molar-refractivity contribution in [2.75, 3.05) is 13.2 Å². The molecule has 2 N–H and O–H groups in total. The standard InChI is InChI=1S/C14H14ClNO3/c15-10-1-2-11-9(5-10)6-12(19-11)13(18)16-7-14(8-17)3-4-14/h1-2,5-6,17H,3-4,7-8H2,(H,16,18). The number of nitrogens with one attached hydrogen (secondary N) is 1. The number of hydrogen-bond acceptors (Lipinski definition) is 3. The van der Waals surface area contributed by atoms with Crippen LogP contribution in [0.2, 0.25) is 5.02 Å². The molecule has 1 saturated carbocycles. The first-order valence-corrected chi connectivity index (χ1v) is 6.58. The number of amides is 1. The van der Waals surface area contributed by atoms with E-state index in [1.807, 2.05) is 0 Å². The van der Waals surface area contributed by atoms with E-state index in [9.17, 15) is 9.90 Å². The zero-order valence-corrected chi connectivity index (χ0v) is 11.0. The lowest BCUT2D eigenvalue weighted by Gasteiger charge is -2.11. The summed E-state index contributed by atoms with van der Waals surface area (Å²) in [5, 5.41) is 13.4. The van der Waals surface area contributed by atoms with Crippen molar-refractivity contribution in [1.82, 2.24) is 5.32 Å². The van der Waals surface area contributed by atoms with Crippen molar-refractivity contribution in [3.63, 3.8) is 0 Å². The topological polar surface area (TPSA) is 62.5 Å². The molecule has 3 rings (SSSR count). The molecule has 1 aliphatic rings. The quantitative estimate of drug-likeness (QED) is 0.904. The average Bonchev–Trinajstić information content (AvgIpc) is 3.07. The number of furan rings is 1. The molecule has 100 valence electrons. The summed E-state index contributed by atoms with van der Waals surface area (Å²) in [7, 11) is 0. The van der Waals surface area contributed by atoms with Crippen LogP contribution in [0.15, 0.2) is 28.7 Å². The van der Waals surface area contributed by atoms with Gasteiger partial charge in [-0.1, -0.05) is 11.6 Å². The van der Waals surface area contributed by atoms with Crippen LogP contribution in [0.25, 0.3) is 11.0 Å². The van der Waals surface area contributed by atoms with Crippen molar-refractivity contribution >= 4 is 28.5 Å². The molecule has 0 unspecified atom stereocenters. The Bertz CT molecular complexity index is 631. The molecule has 1 aliphatic carbocycles. The normalized spacial score (nSPS) is 16.5. The molecule has 2 aromatic rings. The monoisotopic (exact) mass is 279 g/mol. The first-order chi connectivity index (χ1) is 9.12. The van der Waals surface area contributed by atoms with Crippen molar-refractivity contribution in [3.05, 3.63) is 35.0 Å². The van der Waals surface area contributed by atoms with Gasteiger partial charge in [-0.3, -0.25) is 4.79 Å². The number of halogens is 1. The lowest BCUT2D eigenvalue weighted by molar-refractivity contribution is 0.0909. The number of carbonyl (C=O) groups excluding carboxylic acids is 1. The highest BCUT2D eigenvalue weighted by molar-refractivity contribution is 6.31. The molecule has 0 spiro atoms. The first kappa shape index (κ1) is 12.5. The fourth-order valence-electron chi connectivity index (χ4n) is 2.05. The highest BCUT2D eigenvalue weighted by Gasteiger charge is 2.42. The van der Waals surface area contributed by atoms with E-state index in [2.05, 4.69) is 5.32 Å². The number of aliphatic hydroxyl groups excluding tert-OH is 1. The first-order valence-electron chi connectivity index (χ1n) is 6.20. The molecule has 0 atom stereocenters. The van der Waals surface area contributed by atoms with Gasteiger partial charge in [0.25, 0.3) is 5.91 Å². The number of rotatable bonds is 4. The van der Waals surface area contributed by atoms with Crippen LogP contribution < -0.4 is 5.32 Å². The third-order valence-corrected chi connectivity index (χ3v) is 3.85. The fourth-order valence-corrected chi connectivity index (χ4v) is 2.23. The minimum atomic E-state index is -0.257. The fraction of sp³-hybridized carbons (Fsp3) is 0.357. The van der Waals surface area contributed by atoms with Crippen LogP contribution in [0.3, 0.4) is 0 Å². The smallest absolute Gasteiger partial charge is 0.287 e. The number of aliphatic hydroxyl groups is 1. The number of carbonyl (C=O) groups is 1. The van der Waals surface area contributed by atoms with Gasteiger partial charge in [0.2, 0.25) is 0 Å². The van der Waals surface area contributed by atoms with E-state index in [1.165, 1.54) is 0 Å². The average molecular weight is 280 g/mol. The summed E-state index contributed by atoms with van der Waals surface area (Å²) in [5.74, 6) is 0.0121. The number of hydrogen-bond donors (Lipinski definition) is 2. The zero-order chi connectivity index (χ0) is 13.5. The number of benzene rings is 1. The van der Waals surface area contributed by atoms with Gasteiger partial charge in [0.05, 0.1) is 6.61 Å². The summed E-state index contributed by atoms with van der Waals surface area (Å²) in [6.45, 7) is 0.600. The van der Waals surface area contributed by atoms with Crippen LogP contribution in [0.5, 0.6) is 0 Å². The molecule has 1 amide bonds. The minimum absolute atomic E-state index is 0.106. The summed E-state index contributed by atoms with van der Waals surface area (Å²) < 4.78 is 5.47. The maximum atomic E-state index is 12.0. The van der Waals surface area contributed by atoms with Gasteiger partial charge < -0.3 is 14.8 Å². The highest BCUT2D eigenvalue weighted by Crippen LogP contribution is 2.44. The van der Waals surface area contributed by atoms with Gasteiger partial charge in [-0.05, 0) is 37.1 Å².